The van der Waals surface area contributed by atoms with E-state index in [4.69, 9.17) is 0 Å². The molecular formula is C8H16ClN. The summed E-state index contributed by atoms with van der Waals surface area (Å²) in [6.07, 6.45) is 6.00. The van der Waals surface area contributed by atoms with E-state index in [0.717, 1.165) is 11.8 Å². The molecule has 1 N–H and O–H groups in total. The van der Waals surface area contributed by atoms with Gasteiger partial charge < -0.3 is 5.32 Å². The van der Waals surface area contributed by atoms with Gasteiger partial charge in [-0.25, -0.2) is 0 Å². The number of nitrogens with one attached hydrogen (secondary N) is 1. The molecule has 1 aliphatic heterocycles. The molecule has 2 rings (SSSR count). The fourth-order valence-electron chi connectivity index (χ4n) is 2.26. The smallest absolute Gasteiger partial charge is 0.00203 e. The first kappa shape index (κ1) is 8.35. The third-order valence-corrected chi connectivity index (χ3v) is 2.76. The van der Waals surface area contributed by atoms with Crippen molar-refractivity contribution in [2.24, 2.45) is 11.8 Å². The lowest BCUT2D eigenvalue weighted by molar-refractivity contribution is 0.208. The first-order chi connectivity index (χ1) is 4.45. The van der Waals surface area contributed by atoms with Crippen LogP contribution < -0.4 is 5.32 Å². The van der Waals surface area contributed by atoms with Crippen LogP contribution in [0.25, 0.3) is 0 Å². The summed E-state index contributed by atoms with van der Waals surface area (Å²) >= 11 is 0. The predicted molar refractivity (Wildman–Crippen MR) is 45.6 cm³/mol. The molecule has 2 fully saturated rings. The van der Waals surface area contributed by atoms with Gasteiger partial charge in [-0.05, 0) is 44.2 Å². The van der Waals surface area contributed by atoms with Crippen LogP contribution in [-0.2, 0) is 0 Å². The average molecular weight is 162 g/mol. The van der Waals surface area contributed by atoms with Crippen molar-refractivity contribution in [3.8, 4) is 0 Å². The summed E-state index contributed by atoms with van der Waals surface area (Å²) in [6.45, 7) is 2.60. The lowest BCUT2D eigenvalue weighted by Gasteiger charge is -2.34. The highest BCUT2D eigenvalue weighted by molar-refractivity contribution is 5.85. The Kier molecular flexibility index (Phi) is 2.99. The molecule has 2 heteroatoms. The molecule has 0 spiro atoms. The van der Waals surface area contributed by atoms with Crippen LogP contribution in [0.15, 0.2) is 0 Å². The van der Waals surface area contributed by atoms with Crippen molar-refractivity contribution in [1.82, 2.24) is 5.32 Å². The molecule has 1 heterocycles. The van der Waals surface area contributed by atoms with E-state index >= 15 is 0 Å². The second-order valence-corrected chi connectivity index (χ2v) is 3.56. The molecule has 2 unspecified atom stereocenters. The fraction of sp³-hybridized carbons (Fsp3) is 1.00. The third-order valence-electron chi connectivity index (χ3n) is 2.76. The standard InChI is InChI=1S/C8H15N.ClH/c1-2-7-4-8(3-1)6-9-5-7;/h7-9H,1-6H2;1H. The molecule has 0 aromatic heterocycles. The molecule has 60 valence electrons. The van der Waals surface area contributed by atoms with E-state index in [0.29, 0.717) is 0 Å². The van der Waals surface area contributed by atoms with Gasteiger partial charge in [0.25, 0.3) is 0 Å². The topological polar surface area (TPSA) is 12.0 Å². The second kappa shape index (κ2) is 3.59. The Balaban J connectivity index is 0.000000500. The number of piperidine rings is 1. The van der Waals surface area contributed by atoms with E-state index in [9.17, 15) is 0 Å². The lowest BCUT2D eigenvalue weighted by Crippen LogP contribution is -2.38. The van der Waals surface area contributed by atoms with Gasteiger partial charge in [0.05, 0.1) is 0 Å². The first-order valence-corrected chi connectivity index (χ1v) is 4.16. The Morgan fingerprint density at radius 2 is 1.60 bits per heavy atom. The number of hydrogen-bond donors (Lipinski definition) is 1. The summed E-state index contributed by atoms with van der Waals surface area (Å²) in [5.74, 6) is 2.08. The molecule has 1 saturated heterocycles. The first-order valence-electron chi connectivity index (χ1n) is 4.16. The van der Waals surface area contributed by atoms with Gasteiger partial charge in [-0.15, -0.1) is 12.4 Å². The summed E-state index contributed by atoms with van der Waals surface area (Å²) < 4.78 is 0. The van der Waals surface area contributed by atoms with Crippen LogP contribution in [0.4, 0.5) is 0 Å². The Morgan fingerprint density at radius 3 is 2.10 bits per heavy atom. The summed E-state index contributed by atoms with van der Waals surface area (Å²) in [5, 5.41) is 3.49. The van der Waals surface area contributed by atoms with Gasteiger partial charge in [0, 0.05) is 0 Å². The molecule has 0 radical (unpaired) electrons. The molecule has 0 aromatic rings. The maximum atomic E-state index is 3.49. The third kappa shape index (κ3) is 1.64. The maximum Gasteiger partial charge on any atom is -0.00203 e. The highest BCUT2D eigenvalue weighted by Gasteiger charge is 2.24. The quantitative estimate of drug-likeness (QED) is 0.572. The SMILES string of the molecule is C1CC2CNCC(C1)C2.Cl. The molecule has 1 saturated carbocycles. The Morgan fingerprint density at radius 1 is 1.00 bits per heavy atom. The number of fused-ring (bicyclic) bond motifs is 2. The molecular weight excluding hydrogens is 146 g/mol. The van der Waals surface area contributed by atoms with Gasteiger partial charge in [-0.1, -0.05) is 6.42 Å². The molecule has 2 bridgehead atoms. The van der Waals surface area contributed by atoms with Gasteiger partial charge in [0.15, 0.2) is 0 Å². The van der Waals surface area contributed by atoms with E-state index in [-0.39, 0.29) is 12.4 Å². The molecule has 0 aromatic carbocycles. The Labute approximate surface area is 69.0 Å². The van der Waals surface area contributed by atoms with Crippen molar-refractivity contribution in [2.75, 3.05) is 13.1 Å². The minimum absolute atomic E-state index is 0. The number of hydrogen-bond acceptors (Lipinski definition) is 1. The maximum absolute atomic E-state index is 3.49. The van der Waals surface area contributed by atoms with Crippen molar-refractivity contribution in [1.29, 1.82) is 0 Å². The van der Waals surface area contributed by atoms with Crippen molar-refractivity contribution in [2.45, 2.75) is 25.7 Å². The largest absolute Gasteiger partial charge is 0.316 e. The van der Waals surface area contributed by atoms with Crippen LogP contribution in [0.1, 0.15) is 25.7 Å². The summed E-state index contributed by atoms with van der Waals surface area (Å²) in [6, 6.07) is 0. The van der Waals surface area contributed by atoms with Crippen molar-refractivity contribution < 1.29 is 0 Å². The normalized spacial score (nSPS) is 38.4. The molecule has 2 atom stereocenters. The number of halogens is 1. The van der Waals surface area contributed by atoms with Crippen LogP contribution in [-0.4, -0.2) is 13.1 Å². The molecule has 1 aliphatic carbocycles. The van der Waals surface area contributed by atoms with Crippen LogP contribution in [0.2, 0.25) is 0 Å². The monoisotopic (exact) mass is 161 g/mol. The van der Waals surface area contributed by atoms with E-state index < -0.39 is 0 Å². The zero-order valence-electron chi connectivity index (χ0n) is 6.31. The van der Waals surface area contributed by atoms with Crippen LogP contribution in [0.5, 0.6) is 0 Å². The molecule has 0 amide bonds. The highest BCUT2D eigenvalue weighted by Crippen LogP contribution is 2.30. The van der Waals surface area contributed by atoms with Crippen molar-refractivity contribution >= 4 is 12.4 Å². The van der Waals surface area contributed by atoms with Gasteiger partial charge in [-0.3, -0.25) is 0 Å². The van der Waals surface area contributed by atoms with E-state index in [1.165, 1.54) is 38.8 Å². The lowest BCUT2D eigenvalue weighted by atomic mass is 9.79. The zero-order chi connectivity index (χ0) is 6.10. The van der Waals surface area contributed by atoms with Gasteiger partial charge >= 0.3 is 0 Å². The summed E-state index contributed by atoms with van der Waals surface area (Å²) in [5.41, 5.74) is 0. The Bertz CT molecular complexity index is 85.4. The van der Waals surface area contributed by atoms with Crippen molar-refractivity contribution in [3.05, 3.63) is 0 Å². The van der Waals surface area contributed by atoms with Gasteiger partial charge in [-0.2, -0.15) is 0 Å². The van der Waals surface area contributed by atoms with E-state index in [2.05, 4.69) is 5.32 Å². The number of rotatable bonds is 0. The van der Waals surface area contributed by atoms with E-state index in [1.807, 2.05) is 0 Å². The van der Waals surface area contributed by atoms with Gasteiger partial charge in [0.2, 0.25) is 0 Å². The van der Waals surface area contributed by atoms with Gasteiger partial charge in [0.1, 0.15) is 0 Å². The average Bonchev–Trinajstić information content (AvgIpc) is 1.88. The Hall–Kier alpha value is 0.250. The summed E-state index contributed by atoms with van der Waals surface area (Å²) in [4.78, 5) is 0. The predicted octanol–water partition coefficient (Wildman–Crippen LogP) is 1.82. The van der Waals surface area contributed by atoms with E-state index in [1.54, 1.807) is 0 Å². The second-order valence-electron chi connectivity index (χ2n) is 3.56. The van der Waals surface area contributed by atoms with Crippen LogP contribution >= 0.6 is 12.4 Å². The molecule has 10 heavy (non-hydrogen) atoms. The molecule has 1 nitrogen and oxygen atoms in total. The minimum atomic E-state index is 0. The van der Waals surface area contributed by atoms with Crippen LogP contribution in [0.3, 0.4) is 0 Å². The van der Waals surface area contributed by atoms with Crippen LogP contribution in [0, 0.1) is 11.8 Å². The zero-order valence-corrected chi connectivity index (χ0v) is 7.12. The summed E-state index contributed by atoms with van der Waals surface area (Å²) in [7, 11) is 0. The fourth-order valence-corrected chi connectivity index (χ4v) is 2.26. The highest BCUT2D eigenvalue weighted by atomic mass is 35.5. The van der Waals surface area contributed by atoms with Crippen molar-refractivity contribution in [3.63, 3.8) is 0 Å². The molecule has 2 aliphatic rings. The minimum Gasteiger partial charge on any atom is -0.316 e.